The summed E-state index contributed by atoms with van der Waals surface area (Å²) >= 11 is 6.13. The van der Waals surface area contributed by atoms with E-state index in [1.165, 1.54) is 20.3 Å². The summed E-state index contributed by atoms with van der Waals surface area (Å²) in [5.41, 5.74) is 1.11. The highest BCUT2D eigenvalue weighted by Gasteiger charge is 2.13. The van der Waals surface area contributed by atoms with Gasteiger partial charge in [0.1, 0.15) is 11.6 Å². The number of para-hydroxylation sites is 1. The molecule has 2 rings (SSSR count). The van der Waals surface area contributed by atoms with E-state index in [9.17, 15) is 10.1 Å². The number of amides is 1. The monoisotopic (exact) mass is 342 g/mol. The first kappa shape index (κ1) is 17.4. The first-order valence-corrected chi connectivity index (χ1v) is 7.36. The number of ether oxygens (including phenoxy) is 2. The summed E-state index contributed by atoms with van der Waals surface area (Å²) in [6, 6.07) is 14.0. The summed E-state index contributed by atoms with van der Waals surface area (Å²) in [4.78, 5) is 12.2. The Morgan fingerprint density at radius 1 is 1.21 bits per heavy atom. The molecule has 0 radical (unpaired) electrons. The molecule has 2 aromatic carbocycles. The molecule has 1 N–H and O–H groups in total. The van der Waals surface area contributed by atoms with Crippen molar-refractivity contribution in [2.75, 3.05) is 19.5 Å². The molecular formula is C18H15ClN2O3. The van der Waals surface area contributed by atoms with Crippen molar-refractivity contribution in [3.8, 4) is 17.6 Å². The van der Waals surface area contributed by atoms with Gasteiger partial charge in [0.25, 0.3) is 5.91 Å². The van der Waals surface area contributed by atoms with Gasteiger partial charge in [-0.15, -0.1) is 0 Å². The molecule has 24 heavy (non-hydrogen) atoms. The number of methoxy groups -OCH3 is 2. The maximum atomic E-state index is 12.2. The van der Waals surface area contributed by atoms with Crippen molar-refractivity contribution in [3.05, 3.63) is 58.6 Å². The molecule has 5 nitrogen and oxygen atoms in total. The molecular weight excluding hydrogens is 328 g/mol. The summed E-state index contributed by atoms with van der Waals surface area (Å²) < 4.78 is 10.4. The molecule has 122 valence electrons. The molecule has 0 aliphatic rings. The second kappa shape index (κ2) is 8.04. The highest BCUT2D eigenvalue weighted by atomic mass is 35.5. The molecule has 6 heteroatoms. The summed E-state index contributed by atoms with van der Waals surface area (Å²) in [5, 5.41) is 12.2. The van der Waals surface area contributed by atoms with Gasteiger partial charge in [-0.3, -0.25) is 4.79 Å². The van der Waals surface area contributed by atoms with Crippen molar-refractivity contribution in [1.82, 2.24) is 0 Å². The number of nitrogens with one attached hydrogen (secondary N) is 1. The molecule has 0 bridgehead atoms. The number of nitriles is 1. The predicted octanol–water partition coefficient (Wildman–Crippen LogP) is 3.90. The lowest BCUT2D eigenvalue weighted by molar-refractivity contribution is -0.112. The van der Waals surface area contributed by atoms with Gasteiger partial charge in [0.15, 0.2) is 11.5 Å². The summed E-state index contributed by atoms with van der Waals surface area (Å²) in [5.74, 6) is 0.301. The van der Waals surface area contributed by atoms with Crippen LogP contribution >= 0.6 is 11.6 Å². The van der Waals surface area contributed by atoms with Crippen LogP contribution in [-0.4, -0.2) is 20.1 Å². The average molecular weight is 343 g/mol. The van der Waals surface area contributed by atoms with Crippen molar-refractivity contribution in [3.63, 3.8) is 0 Å². The molecule has 1 amide bonds. The summed E-state index contributed by atoms with van der Waals surface area (Å²) in [6.07, 6.45) is 1.44. The number of hydrogen-bond donors (Lipinski definition) is 1. The fourth-order valence-corrected chi connectivity index (χ4v) is 2.35. The van der Waals surface area contributed by atoms with Crippen LogP contribution in [0.1, 0.15) is 5.56 Å². The lowest BCUT2D eigenvalue weighted by Gasteiger charge is -2.10. The van der Waals surface area contributed by atoms with Crippen LogP contribution in [0.3, 0.4) is 0 Å². The zero-order chi connectivity index (χ0) is 17.5. The van der Waals surface area contributed by atoms with Crippen LogP contribution in [-0.2, 0) is 4.79 Å². The maximum absolute atomic E-state index is 12.2. The molecule has 0 aromatic heterocycles. The van der Waals surface area contributed by atoms with Crippen molar-refractivity contribution >= 4 is 29.3 Å². The molecule has 0 heterocycles. The van der Waals surface area contributed by atoms with E-state index in [-0.39, 0.29) is 5.57 Å². The normalized spacial score (nSPS) is 10.7. The Kier molecular flexibility index (Phi) is 5.83. The summed E-state index contributed by atoms with van der Waals surface area (Å²) in [6.45, 7) is 0. The smallest absolute Gasteiger partial charge is 0.266 e. The number of halogens is 1. The zero-order valence-corrected chi connectivity index (χ0v) is 13.9. The fraction of sp³-hybridized carbons (Fsp3) is 0.111. The lowest BCUT2D eigenvalue weighted by atomic mass is 10.1. The Morgan fingerprint density at radius 2 is 1.92 bits per heavy atom. The molecule has 0 fully saturated rings. The van der Waals surface area contributed by atoms with Crippen molar-refractivity contribution in [1.29, 1.82) is 5.26 Å². The van der Waals surface area contributed by atoms with E-state index >= 15 is 0 Å². The van der Waals surface area contributed by atoms with Crippen molar-refractivity contribution in [2.45, 2.75) is 0 Å². The molecule has 0 saturated heterocycles. The third-order valence-electron chi connectivity index (χ3n) is 3.16. The van der Waals surface area contributed by atoms with Crippen LogP contribution in [0.25, 0.3) is 6.08 Å². The van der Waals surface area contributed by atoms with Gasteiger partial charge in [-0.1, -0.05) is 29.8 Å². The maximum Gasteiger partial charge on any atom is 0.266 e. The number of nitrogens with zero attached hydrogens (tertiary/aromatic N) is 1. The highest BCUT2D eigenvalue weighted by Crippen LogP contribution is 2.36. The number of carbonyl (C=O) groups excluding carboxylic acids is 1. The van der Waals surface area contributed by atoms with Gasteiger partial charge in [0.2, 0.25) is 0 Å². The van der Waals surface area contributed by atoms with E-state index in [0.29, 0.717) is 27.8 Å². The number of rotatable bonds is 5. The van der Waals surface area contributed by atoms with Crippen molar-refractivity contribution < 1.29 is 14.3 Å². The minimum absolute atomic E-state index is 0.0536. The third-order valence-corrected chi connectivity index (χ3v) is 3.44. The molecule has 2 aromatic rings. The topological polar surface area (TPSA) is 71.3 Å². The molecule has 0 aliphatic heterocycles. The first-order valence-electron chi connectivity index (χ1n) is 6.98. The molecule has 0 saturated carbocycles. The van der Waals surface area contributed by atoms with Crippen LogP contribution in [0.4, 0.5) is 5.69 Å². The number of hydrogen-bond acceptors (Lipinski definition) is 4. The Labute approximate surface area is 145 Å². The largest absolute Gasteiger partial charge is 0.493 e. The van der Waals surface area contributed by atoms with Crippen LogP contribution in [0.15, 0.2) is 48.0 Å². The Hall–Kier alpha value is -2.97. The van der Waals surface area contributed by atoms with E-state index in [2.05, 4.69) is 5.32 Å². The van der Waals surface area contributed by atoms with Gasteiger partial charge < -0.3 is 14.8 Å². The SMILES string of the molecule is COc1cc(/C=C(\C#N)C(=O)Nc2ccccc2)cc(Cl)c1OC. The Morgan fingerprint density at radius 3 is 2.50 bits per heavy atom. The second-order valence-electron chi connectivity index (χ2n) is 4.73. The van der Waals surface area contributed by atoms with Crippen LogP contribution < -0.4 is 14.8 Å². The van der Waals surface area contributed by atoms with Crippen LogP contribution in [0.2, 0.25) is 5.02 Å². The number of benzene rings is 2. The molecule has 0 atom stereocenters. The fourth-order valence-electron chi connectivity index (χ4n) is 2.06. The van der Waals surface area contributed by atoms with Gasteiger partial charge in [-0.05, 0) is 35.9 Å². The van der Waals surface area contributed by atoms with E-state index in [1.807, 2.05) is 12.1 Å². The lowest BCUT2D eigenvalue weighted by Crippen LogP contribution is -2.13. The predicted molar refractivity (Wildman–Crippen MR) is 93.2 cm³/mol. The standard InChI is InChI=1S/C18H15ClN2O3/c1-23-16-10-12(9-15(19)17(16)24-2)8-13(11-20)18(22)21-14-6-4-3-5-7-14/h3-10H,1-2H3,(H,21,22)/b13-8+. The minimum atomic E-state index is -0.505. The van der Waals surface area contributed by atoms with Gasteiger partial charge in [0, 0.05) is 5.69 Å². The van der Waals surface area contributed by atoms with E-state index in [4.69, 9.17) is 21.1 Å². The Balaban J connectivity index is 2.32. The minimum Gasteiger partial charge on any atom is -0.493 e. The van der Waals surface area contributed by atoms with E-state index < -0.39 is 5.91 Å². The van der Waals surface area contributed by atoms with E-state index in [0.717, 1.165) is 0 Å². The van der Waals surface area contributed by atoms with Gasteiger partial charge in [0.05, 0.1) is 19.2 Å². The quantitative estimate of drug-likeness (QED) is 0.660. The number of carbonyl (C=O) groups is 1. The first-order chi connectivity index (χ1) is 11.6. The number of anilines is 1. The van der Waals surface area contributed by atoms with E-state index in [1.54, 1.807) is 36.4 Å². The Bertz CT molecular complexity index is 811. The third kappa shape index (κ3) is 4.06. The second-order valence-corrected chi connectivity index (χ2v) is 5.14. The van der Waals surface area contributed by atoms with Crippen molar-refractivity contribution in [2.24, 2.45) is 0 Å². The average Bonchev–Trinajstić information content (AvgIpc) is 2.59. The summed E-state index contributed by atoms with van der Waals surface area (Å²) in [7, 11) is 2.96. The van der Waals surface area contributed by atoms with Crippen LogP contribution in [0.5, 0.6) is 11.5 Å². The molecule has 0 spiro atoms. The van der Waals surface area contributed by atoms with Crippen LogP contribution in [0, 0.1) is 11.3 Å². The van der Waals surface area contributed by atoms with Gasteiger partial charge in [-0.25, -0.2) is 0 Å². The zero-order valence-electron chi connectivity index (χ0n) is 13.2. The van der Waals surface area contributed by atoms with Gasteiger partial charge >= 0.3 is 0 Å². The highest BCUT2D eigenvalue weighted by molar-refractivity contribution is 6.32. The molecule has 0 unspecified atom stereocenters. The van der Waals surface area contributed by atoms with Gasteiger partial charge in [-0.2, -0.15) is 5.26 Å². The molecule has 0 aliphatic carbocycles.